The summed E-state index contributed by atoms with van der Waals surface area (Å²) in [4.78, 5) is 0. The van der Waals surface area contributed by atoms with Crippen molar-refractivity contribution < 1.29 is 4.74 Å². The Bertz CT molecular complexity index is 165. The Morgan fingerprint density at radius 3 is 2.70 bits per heavy atom. The average molecular weight is 137 g/mol. The molecule has 0 aromatic heterocycles. The molecular formula is C8H11NO. The molecule has 1 unspecified atom stereocenters. The minimum absolute atomic E-state index is 0.114. The fourth-order valence-electron chi connectivity index (χ4n) is 0.398. The smallest absolute Gasteiger partial charge is 0.0912 e. The maximum absolute atomic E-state index is 8.09. The van der Waals surface area contributed by atoms with Gasteiger partial charge in [-0.1, -0.05) is 18.2 Å². The van der Waals surface area contributed by atoms with E-state index in [1.807, 2.05) is 19.1 Å². The predicted octanol–water partition coefficient (Wildman–Crippen LogP) is 1.66. The van der Waals surface area contributed by atoms with E-state index in [1.54, 1.807) is 19.3 Å². The topological polar surface area (TPSA) is 33.0 Å². The van der Waals surface area contributed by atoms with Gasteiger partial charge in [-0.05, 0) is 6.92 Å². The van der Waals surface area contributed by atoms with Crippen LogP contribution in [0.15, 0.2) is 24.3 Å². The van der Waals surface area contributed by atoms with E-state index >= 15 is 0 Å². The van der Waals surface area contributed by atoms with Crippen LogP contribution in [0.25, 0.3) is 0 Å². The summed E-state index contributed by atoms with van der Waals surface area (Å²) >= 11 is 0. The molecule has 2 heteroatoms. The Kier molecular flexibility index (Phi) is 5.41. The summed E-state index contributed by atoms with van der Waals surface area (Å²) < 4.78 is 4.93. The lowest BCUT2D eigenvalue weighted by molar-refractivity contribution is 0.156. The molecule has 54 valence electrons. The van der Waals surface area contributed by atoms with Crippen LogP contribution >= 0.6 is 0 Å². The normalized spacial score (nSPS) is 14.1. The van der Waals surface area contributed by atoms with Gasteiger partial charge in [0.2, 0.25) is 0 Å². The molecule has 0 aromatic carbocycles. The second kappa shape index (κ2) is 6.06. The van der Waals surface area contributed by atoms with Gasteiger partial charge in [-0.25, -0.2) is 0 Å². The van der Waals surface area contributed by atoms with Gasteiger partial charge in [0.15, 0.2) is 0 Å². The van der Waals surface area contributed by atoms with Crippen molar-refractivity contribution in [3.05, 3.63) is 24.3 Å². The van der Waals surface area contributed by atoms with E-state index in [2.05, 4.69) is 0 Å². The van der Waals surface area contributed by atoms with Gasteiger partial charge in [0.25, 0.3) is 0 Å². The largest absolute Gasteiger partial charge is 0.378 e. The van der Waals surface area contributed by atoms with Crippen molar-refractivity contribution in [3.8, 4) is 6.07 Å². The van der Waals surface area contributed by atoms with Crippen LogP contribution in [-0.4, -0.2) is 13.2 Å². The van der Waals surface area contributed by atoms with Crippen molar-refractivity contribution in [2.45, 2.75) is 13.0 Å². The van der Waals surface area contributed by atoms with Crippen LogP contribution in [0.3, 0.4) is 0 Å². The maximum Gasteiger partial charge on any atom is 0.0912 e. The van der Waals surface area contributed by atoms with Crippen LogP contribution in [0.2, 0.25) is 0 Å². The molecule has 0 aromatic rings. The molecule has 1 atom stereocenters. The van der Waals surface area contributed by atoms with Crippen LogP contribution in [0.5, 0.6) is 0 Å². The Hall–Kier alpha value is -1.07. The molecule has 0 aliphatic rings. The van der Waals surface area contributed by atoms with Crippen LogP contribution < -0.4 is 0 Å². The van der Waals surface area contributed by atoms with Gasteiger partial charge in [0.05, 0.1) is 12.2 Å². The number of hydrogen-bond donors (Lipinski definition) is 0. The van der Waals surface area contributed by atoms with E-state index in [0.29, 0.717) is 0 Å². The molecule has 0 rings (SSSR count). The molecule has 0 fully saturated rings. The molecule has 0 saturated heterocycles. The van der Waals surface area contributed by atoms with E-state index < -0.39 is 0 Å². The number of ether oxygens (including phenoxy) is 1. The first-order valence-electron chi connectivity index (χ1n) is 3.07. The molecule has 0 spiro atoms. The van der Waals surface area contributed by atoms with Crippen LogP contribution in [0.1, 0.15) is 6.92 Å². The van der Waals surface area contributed by atoms with Crippen LogP contribution in [0.4, 0.5) is 0 Å². The highest BCUT2D eigenvalue weighted by molar-refractivity contribution is 5.12. The fraction of sp³-hybridized carbons (Fsp3) is 0.375. The number of nitriles is 1. The van der Waals surface area contributed by atoms with E-state index in [9.17, 15) is 0 Å². The van der Waals surface area contributed by atoms with E-state index in [-0.39, 0.29) is 6.10 Å². The van der Waals surface area contributed by atoms with Gasteiger partial charge >= 0.3 is 0 Å². The predicted molar refractivity (Wildman–Crippen MR) is 40.4 cm³/mol. The number of hydrogen-bond acceptors (Lipinski definition) is 2. The third-order valence-electron chi connectivity index (χ3n) is 1.04. The standard InChI is InChI=1S/C8H11NO/c1-8(10-2)6-4-3-5-7-9/h3-6,8H,1-2H3/b5-3+,6-4+. The number of rotatable bonds is 3. The molecule has 0 N–H and O–H groups in total. The zero-order chi connectivity index (χ0) is 7.82. The number of methoxy groups -OCH3 is 1. The number of nitrogens with zero attached hydrogens (tertiary/aromatic N) is 1. The van der Waals surface area contributed by atoms with Gasteiger partial charge in [0.1, 0.15) is 0 Å². The van der Waals surface area contributed by atoms with Gasteiger partial charge in [-0.3, -0.25) is 0 Å². The lowest BCUT2D eigenvalue weighted by atomic mass is 10.3. The number of allylic oxidation sites excluding steroid dienone is 3. The van der Waals surface area contributed by atoms with Gasteiger partial charge in [0, 0.05) is 13.2 Å². The first-order chi connectivity index (χ1) is 4.81. The van der Waals surface area contributed by atoms with Gasteiger partial charge < -0.3 is 4.74 Å². The van der Waals surface area contributed by atoms with Crippen molar-refractivity contribution >= 4 is 0 Å². The Morgan fingerprint density at radius 2 is 2.20 bits per heavy atom. The Morgan fingerprint density at radius 1 is 1.50 bits per heavy atom. The highest BCUT2D eigenvalue weighted by Crippen LogP contribution is 1.89. The molecule has 0 saturated carbocycles. The molecular weight excluding hydrogens is 126 g/mol. The second-order valence-electron chi connectivity index (χ2n) is 1.81. The summed E-state index contributed by atoms with van der Waals surface area (Å²) in [7, 11) is 1.64. The highest BCUT2D eigenvalue weighted by atomic mass is 16.5. The molecule has 0 heterocycles. The maximum atomic E-state index is 8.09. The molecule has 0 radical (unpaired) electrons. The van der Waals surface area contributed by atoms with Crippen molar-refractivity contribution in [3.63, 3.8) is 0 Å². The molecule has 0 bridgehead atoms. The van der Waals surface area contributed by atoms with Crippen molar-refractivity contribution in [1.29, 1.82) is 5.26 Å². The quantitative estimate of drug-likeness (QED) is 0.437. The van der Waals surface area contributed by atoms with E-state index in [1.165, 1.54) is 6.08 Å². The zero-order valence-electron chi connectivity index (χ0n) is 6.24. The lowest BCUT2D eigenvalue weighted by Crippen LogP contribution is -1.97. The molecule has 10 heavy (non-hydrogen) atoms. The second-order valence-corrected chi connectivity index (χ2v) is 1.81. The first-order valence-corrected chi connectivity index (χ1v) is 3.07. The molecule has 0 aliphatic carbocycles. The van der Waals surface area contributed by atoms with Crippen LogP contribution in [-0.2, 0) is 4.74 Å². The summed E-state index contributed by atoms with van der Waals surface area (Å²) in [6.45, 7) is 1.93. The minimum atomic E-state index is 0.114. The van der Waals surface area contributed by atoms with Crippen LogP contribution in [0, 0.1) is 11.3 Å². The summed E-state index contributed by atoms with van der Waals surface area (Å²) in [5.74, 6) is 0. The highest BCUT2D eigenvalue weighted by Gasteiger charge is 1.86. The summed E-state index contributed by atoms with van der Waals surface area (Å²) in [5, 5.41) is 8.09. The third-order valence-corrected chi connectivity index (χ3v) is 1.04. The Balaban J connectivity index is 3.57. The Labute approximate surface area is 61.4 Å². The monoisotopic (exact) mass is 137 g/mol. The summed E-state index contributed by atoms with van der Waals surface area (Å²) in [6, 6.07) is 1.89. The minimum Gasteiger partial charge on any atom is -0.378 e. The average Bonchev–Trinajstić information content (AvgIpc) is 1.98. The SMILES string of the molecule is COC(C)/C=C/C=C/C#N. The zero-order valence-corrected chi connectivity index (χ0v) is 6.24. The molecule has 0 aliphatic heterocycles. The van der Waals surface area contributed by atoms with Crippen molar-refractivity contribution in [2.24, 2.45) is 0 Å². The summed E-state index contributed by atoms with van der Waals surface area (Å²) in [5.41, 5.74) is 0. The fourth-order valence-corrected chi connectivity index (χ4v) is 0.398. The van der Waals surface area contributed by atoms with E-state index in [4.69, 9.17) is 10.00 Å². The van der Waals surface area contributed by atoms with Gasteiger partial charge in [-0.15, -0.1) is 0 Å². The van der Waals surface area contributed by atoms with Gasteiger partial charge in [-0.2, -0.15) is 5.26 Å². The molecule has 0 amide bonds. The molecule has 2 nitrogen and oxygen atoms in total. The van der Waals surface area contributed by atoms with Crippen molar-refractivity contribution in [2.75, 3.05) is 7.11 Å². The summed E-state index contributed by atoms with van der Waals surface area (Å²) in [6.07, 6.45) is 6.86. The van der Waals surface area contributed by atoms with Crippen molar-refractivity contribution in [1.82, 2.24) is 0 Å². The third kappa shape index (κ3) is 5.07. The van der Waals surface area contributed by atoms with E-state index in [0.717, 1.165) is 0 Å². The lowest BCUT2D eigenvalue weighted by Gasteiger charge is -1.98. The first kappa shape index (κ1) is 8.93.